The molecule has 5 aliphatic rings. The SMILES string of the molecule is O=C(COc1c2cccc1Cc1cccc(c1OCC(=O)NCCN1CCCCC1)Cc1cccc(c1OCC(=O)NCCN1CCCCC1)Cc1cccc(c1OCC(=O)NCCN1CCCCC1)C2)NCCN1CCCCC1. The molecule has 4 amide bonds. The van der Waals surface area contributed by atoms with Crippen LogP contribution in [0.5, 0.6) is 23.0 Å². The minimum absolute atomic E-state index is 0.181. The quantitative estimate of drug-likeness (QED) is 0.0547. The van der Waals surface area contributed by atoms with Crippen molar-refractivity contribution in [3.8, 4) is 23.0 Å². The maximum Gasteiger partial charge on any atom is 0.257 e. The van der Waals surface area contributed by atoms with Crippen molar-refractivity contribution in [1.82, 2.24) is 40.9 Å². The fraction of sp³-hybridized carbons (Fsp3) is 0.562. The van der Waals surface area contributed by atoms with Crippen molar-refractivity contribution in [3.05, 3.63) is 117 Å². The van der Waals surface area contributed by atoms with E-state index >= 15 is 0 Å². The molecule has 432 valence electrons. The Morgan fingerprint density at radius 3 is 0.675 bits per heavy atom. The number of piperidine rings is 4. The largest absolute Gasteiger partial charge is 0.483 e. The van der Waals surface area contributed by atoms with E-state index in [-0.39, 0.29) is 50.1 Å². The van der Waals surface area contributed by atoms with Crippen molar-refractivity contribution in [1.29, 1.82) is 0 Å². The van der Waals surface area contributed by atoms with Gasteiger partial charge >= 0.3 is 0 Å². The van der Waals surface area contributed by atoms with Gasteiger partial charge in [0.2, 0.25) is 0 Å². The number of amides is 4. The lowest BCUT2D eigenvalue weighted by molar-refractivity contribution is -0.123. The zero-order valence-corrected chi connectivity index (χ0v) is 47.4. The van der Waals surface area contributed by atoms with Crippen molar-refractivity contribution in [2.45, 2.75) is 103 Å². The molecule has 4 heterocycles. The first-order valence-corrected chi connectivity index (χ1v) is 30.2. The van der Waals surface area contributed by atoms with E-state index in [2.05, 4.69) is 40.9 Å². The van der Waals surface area contributed by atoms with Crippen LogP contribution in [0.25, 0.3) is 0 Å². The third kappa shape index (κ3) is 17.9. The number of rotatable bonds is 24. The van der Waals surface area contributed by atoms with Crippen LogP contribution in [0, 0.1) is 0 Å². The molecule has 4 aromatic carbocycles. The second-order valence-corrected chi connectivity index (χ2v) is 22.5. The minimum Gasteiger partial charge on any atom is -0.483 e. The molecule has 0 saturated carbocycles. The van der Waals surface area contributed by atoms with E-state index in [0.29, 0.717) is 74.9 Å². The molecule has 4 N–H and O–H groups in total. The van der Waals surface area contributed by atoms with Crippen LogP contribution in [-0.2, 0) is 44.9 Å². The fourth-order valence-electron chi connectivity index (χ4n) is 12.1. The van der Waals surface area contributed by atoms with E-state index in [0.717, 1.165) is 123 Å². The Kier molecular flexibility index (Phi) is 22.7. The topological polar surface area (TPSA) is 166 Å². The van der Waals surface area contributed by atoms with E-state index in [9.17, 15) is 19.2 Å². The van der Waals surface area contributed by atoms with Crippen molar-refractivity contribution in [2.75, 3.05) is 131 Å². The number of fused-ring (bicyclic) bond motifs is 8. The van der Waals surface area contributed by atoms with Crippen LogP contribution >= 0.6 is 0 Å². The first-order chi connectivity index (χ1) is 39.3. The second-order valence-electron chi connectivity index (χ2n) is 22.5. The highest BCUT2D eigenvalue weighted by atomic mass is 16.5. The van der Waals surface area contributed by atoms with Crippen molar-refractivity contribution in [2.24, 2.45) is 0 Å². The zero-order valence-electron chi connectivity index (χ0n) is 47.4. The molecule has 0 radical (unpaired) electrons. The van der Waals surface area contributed by atoms with Gasteiger partial charge in [-0.25, -0.2) is 0 Å². The predicted molar refractivity (Wildman–Crippen MR) is 312 cm³/mol. The molecular weight excluding hydrogens is 1010 g/mol. The van der Waals surface area contributed by atoms with Gasteiger partial charge in [0.15, 0.2) is 26.4 Å². The molecule has 16 nitrogen and oxygen atoms in total. The fourth-order valence-corrected chi connectivity index (χ4v) is 12.1. The first-order valence-electron chi connectivity index (χ1n) is 30.2. The normalized spacial score (nSPS) is 17.4. The number of hydrogen-bond acceptors (Lipinski definition) is 12. The Morgan fingerprint density at radius 1 is 0.300 bits per heavy atom. The second kappa shape index (κ2) is 31.1. The molecule has 80 heavy (non-hydrogen) atoms. The molecule has 0 atom stereocenters. The van der Waals surface area contributed by atoms with Gasteiger partial charge in [-0.15, -0.1) is 0 Å². The summed E-state index contributed by atoms with van der Waals surface area (Å²) in [5.74, 6) is 1.53. The van der Waals surface area contributed by atoms with Gasteiger partial charge in [0.25, 0.3) is 23.6 Å². The van der Waals surface area contributed by atoms with Gasteiger partial charge in [0.1, 0.15) is 23.0 Å². The van der Waals surface area contributed by atoms with Gasteiger partial charge in [-0.05, 0) is 148 Å². The van der Waals surface area contributed by atoms with Crippen molar-refractivity contribution < 1.29 is 38.1 Å². The summed E-state index contributed by atoms with van der Waals surface area (Å²) in [6, 6.07) is 24.2. The molecule has 4 aromatic rings. The lowest BCUT2D eigenvalue weighted by atomic mass is 9.91. The first kappa shape index (κ1) is 58.5. The molecule has 1 aliphatic carbocycles. The molecule has 4 aliphatic heterocycles. The number of likely N-dealkylation sites (tertiary alicyclic amines) is 4. The summed E-state index contributed by atoms with van der Waals surface area (Å²) in [4.78, 5) is 64.1. The average Bonchev–Trinajstić information content (AvgIpc) is 3.50. The molecule has 4 saturated heterocycles. The van der Waals surface area contributed by atoms with Crippen LogP contribution in [0.2, 0.25) is 0 Å². The third-order valence-electron chi connectivity index (χ3n) is 16.4. The summed E-state index contributed by atoms with van der Waals surface area (Å²) < 4.78 is 26.7. The zero-order chi connectivity index (χ0) is 55.1. The van der Waals surface area contributed by atoms with E-state index in [4.69, 9.17) is 18.9 Å². The molecule has 4 fully saturated rings. The summed E-state index contributed by atoms with van der Waals surface area (Å²) in [7, 11) is 0. The molecular formula is C64H88N8O8. The number of carbonyl (C=O) groups excluding carboxylic acids is 4. The summed E-state index contributed by atoms with van der Waals surface area (Å²) in [6.45, 7) is 13.0. The number of hydrogen-bond donors (Lipinski definition) is 4. The lowest BCUT2D eigenvalue weighted by Crippen LogP contribution is -2.39. The van der Waals surface area contributed by atoms with Crippen molar-refractivity contribution >= 4 is 23.6 Å². The molecule has 0 aromatic heterocycles. The number of benzene rings is 4. The Hall–Kier alpha value is -6.20. The van der Waals surface area contributed by atoms with Gasteiger partial charge < -0.3 is 59.8 Å². The Balaban J connectivity index is 1.03. The predicted octanol–water partition coefficient (Wildman–Crippen LogP) is 6.29. The van der Waals surface area contributed by atoms with E-state index in [1.165, 1.54) is 77.0 Å². The van der Waals surface area contributed by atoms with E-state index in [1.54, 1.807) is 0 Å². The maximum atomic E-state index is 13.6. The average molecular weight is 1100 g/mol. The van der Waals surface area contributed by atoms with Crippen LogP contribution in [0.15, 0.2) is 72.8 Å². The summed E-state index contributed by atoms with van der Waals surface area (Å²) in [5.41, 5.74) is 6.72. The number of ether oxygens (including phenoxy) is 4. The summed E-state index contributed by atoms with van der Waals surface area (Å²) >= 11 is 0. The summed E-state index contributed by atoms with van der Waals surface area (Å²) in [5, 5.41) is 12.4. The Bertz CT molecular complexity index is 2200. The van der Waals surface area contributed by atoms with Gasteiger partial charge in [-0.2, -0.15) is 0 Å². The number of carbonyl (C=O) groups is 4. The van der Waals surface area contributed by atoms with Gasteiger partial charge in [-0.1, -0.05) is 98.5 Å². The standard InChI is InChI=1S/C64H88N8O8/c73-57(65-25-37-69-29-5-1-6-30-69)45-77-61-49-17-13-18-50(61)42-52-20-15-22-54(63(52)79-47-59(75)67-27-39-71-33-9-3-10-34-71)44-56-24-16-23-55(64(56)80-48-60(76)68-28-40-72-35-11-4-12-36-72)43-53-21-14-19-51(41-49)62(53)78-46-58(74)66-26-38-70-31-7-2-8-32-70/h13-24H,1-12,25-48H2,(H,65,73)(H,66,74)(H,67,75)(H,68,76). The van der Waals surface area contributed by atoms with Gasteiger partial charge in [0.05, 0.1) is 0 Å². The molecule has 0 unspecified atom stereocenters. The highest BCUT2D eigenvalue weighted by Gasteiger charge is 2.24. The molecule has 0 spiro atoms. The van der Waals surface area contributed by atoms with Crippen LogP contribution in [-0.4, -0.2) is 174 Å². The van der Waals surface area contributed by atoms with Gasteiger partial charge in [-0.3, -0.25) is 19.2 Å². The van der Waals surface area contributed by atoms with Crippen LogP contribution in [0.4, 0.5) is 0 Å². The third-order valence-corrected chi connectivity index (χ3v) is 16.4. The van der Waals surface area contributed by atoms with Gasteiger partial charge in [0, 0.05) is 78.0 Å². The molecule has 9 rings (SSSR count). The highest BCUT2D eigenvalue weighted by molar-refractivity contribution is 5.79. The number of nitrogens with one attached hydrogen (secondary N) is 4. The number of para-hydroxylation sites is 4. The highest BCUT2D eigenvalue weighted by Crippen LogP contribution is 2.39. The van der Waals surface area contributed by atoms with Crippen LogP contribution < -0.4 is 40.2 Å². The van der Waals surface area contributed by atoms with E-state index in [1.807, 2.05) is 72.8 Å². The lowest BCUT2D eigenvalue weighted by Gasteiger charge is -2.26. The Labute approximate surface area is 475 Å². The smallest absolute Gasteiger partial charge is 0.257 e. The minimum atomic E-state index is -0.200. The molecule has 8 bridgehead atoms. The van der Waals surface area contributed by atoms with Crippen LogP contribution in [0.3, 0.4) is 0 Å². The number of nitrogens with zero attached hydrogens (tertiary/aromatic N) is 4. The van der Waals surface area contributed by atoms with Crippen molar-refractivity contribution in [3.63, 3.8) is 0 Å². The van der Waals surface area contributed by atoms with Crippen LogP contribution in [0.1, 0.15) is 122 Å². The van der Waals surface area contributed by atoms with E-state index < -0.39 is 0 Å². The maximum absolute atomic E-state index is 13.6. The molecule has 16 heteroatoms. The summed E-state index contributed by atoms with van der Waals surface area (Å²) in [6.07, 6.45) is 15.9. The monoisotopic (exact) mass is 1100 g/mol. The Morgan fingerprint density at radius 2 is 0.487 bits per heavy atom.